The minimum absolute atomic E-state index is 0.0827. The second-order valence-electron chi connectivity index (χ2n) is 11.3. The fourth-order valence-electron chi connectivity index (χ4n) is 6.33. The van der Waals surface area contributed by atoms with E-state index in [2.05, 4.69) is 53.8 Å². The maximum atomic E-state index is 13.8. The van der Waals surface area contributed by atoms with E-state index >= 15 is 0 Å². The predicted octanol–water partition coefficient (Wildman–Crippen LogP) is 5.67. The molecule has 5 heterocycles. The molecule has 2 aliphatic rings. The molecule has 3 aromatic rings. The number of aromatic amines is 1. The molecule has 38 heavy (non-hydrogen) atoms. The number of hydrogen-bond acceptors (Lipinski definition) is 5. The summed E-state index contributed by atoms with van der Waals surface area (Å²) in [4.78, 5) is 41.1. The molecule has 2 aliphatic heterocycles. The quantitative estimate of drug-likeness (QED) is 0.444. The smallest absolute Gasteiger partial charge is 0.255 e. The molecule has 5 rings (SSSR count). The second kappa shape index (κ2) is 11.1. The highest BCUT2D eigenvalue weighted by Crippen LogP contribution is 2.42. The maximum absolute atomic E-state index is 13.8. The van der Waals surface area contributed by atoms with Crippen molar-refractivity contribution in [3.63, 3.8) is 0 Å². The molecular formula is C31H40N4O2S. The number of carbonyl (C=O) groups is 1. The van der Waals surface area contributed by atoms with Crippen LogP contribution in [0.5, 0.6) is 0 Å². The van der Waals surface area contributed by atoms with Crippen molar-refractivity contribution in [2.75, 3.05) is 19.6 Å². The zero-order valence-electron chi connectivity index (χ0n) is 23.4. The third-order valence-corrected chi connectivity index (χ3v) is 10.1. The Morgan fingerprint density at radius 2 is 1.84 bits per heavy atom. The van der Waals surface area contributed by atoms with Crippen molar-refractivity contribution in [3.05, 3.63) is 83.7 Å². The summed E-state index contributed by atoms with van der Waals surface area (Å²) in [6.07, 6.45) is 4.21. The van der Waals surface area contributed by atoms with E-state index in [1.807, 2.05) is 36.2 Å². The van der Waals surface area contributed by atoms with Crippen LogP contribution in [0.3, 0.4) is 0 Å². The summed E-state index contributed by atoms with van der Waals surface area (Å²) < 4.78 is 0. The van der Waals surface area contributed by atoms with Crippen molar-refractivity contribution in [2.24, 2.45) is 5.92 Å². The normalized spacial score (nSPS) is 17.9. The molecule has 202 valence electrons. The van der Waals surface area contributed by atoms with E-state index in [1.165, 1.54) is 22.6 Å². The minimum Gasteiger partial charge on any atom is -0.334 e. The zero-order chi connectivity index (χ0) is 27.0. The van der Waals surface area contributed by atoms with Gasteiger partial charge in [0.2, 0.25) is 0 Å². The van der Waals surface area contributed by atoms with Crippen molar-refractivity contribution in [1.29, 1.82) is 0 Å². The number of amides is 1. The van der Waals surface area contributed by atoms with Crippen molar-refractivity contribution >= 4 is 17.2 Å². The number of rotatable bonds is 6. The zero-order valence-corrected chi connectivity index (χ0v) is 24.2. The van der Waals surface area contributed by atoms with Gasteiger partial charge in [0.25, 0.3) is 11.5 Å². The maximum Gasteiger partial charge on any atom is 0.255 e. The van der Waals surface area contributed by atoms with Crippen LogP contribution in [0.25, 0.3) is 0 Å². The Balaban J connectivity index is 1.29. The molecule has 3 aromatic heterocycles. The van der Waals surface area contributed by atoms with Crippen LogP contribution in [0.15, 0.2) is 29.1 Å². The van der Waals surface area contributed by atoms with E-state index in [0.717, 1.165) is 66.2 Å². The molecule has 0 aliphatic carbocycles. The van der Waals surface area contributed by atoms with Crippen LogP contribution in [-0.4, -0.2) is 45.3 Å². The molecule has 1 atom stereocenters. The summed E-state index contributed by atoms with van der Waals surface area (Å²) in [6, 6.07) is 8.26. The van der Waals surface area contributed by atoms with Gasteiger partial charge in [-0.15, -0.1) is 11.3 Å². The highest BCUT2D eigenvalue weighted by atomic mass is 32.1. The molecule has 0 aromatic carbocycles. The van der Waals surface area contributed by atoms with Crippen molar-refractivity contribution in [3.8, 4) is 0 Å². The summed E-state index contributed by atoms with van der Waals surface area (Å²) in [5.41, 5.74) is 6.71. The first kappa shape index (κ1) is 26.8. The van der Waals surface area contributed by atoms with E-state index in [-0.39, 0.29) is 11.5 Å². The van der Waals surface area contributed by atoms with Crippen molar-refractivity contribution in [1.82, 2.24) is 19.8 Å². The van der Waals surface area contributed by atoms with Crippen molar-refractivity contribution < 1.29 is 4.79 Å². The molecule has 1 unspecified atom stereocenters. The van der Waals surface area contributed by atoms with Gasteiger partial charge in [-0.2, -0.15) is 0 Å². The number of pyridine rings is 2. The number of nitrogens with zero attached hydrogens (tertiary/aromatic N) is 3. The highest BCUT2D eigenvalue weighted by molar-refractivity contribution is 7.12. The van der Waals surface area contributed by atoms with Gasteiger partial charge in [0.1, 0.15) is 0 Å². The topological polar surface area (TPSA) is 69.3 Å². The Kier molecular flexibility index (Phi) is 7.87. The average Bonchev–Trinajstić information content (AvgIpc) is 3.11. The van der Waals surface area contributed by atoms with Crippen LogP contribution < -0.4 is 5.56 Å². The minimum atomic E-state index is -0.0827. The van der Waals surface area contributed by atoms with Gasteiger partial charge >= 0.3 is 0 Å². The molecule has 0 spiro atoms. The molecule has 0 bridgehead atoms. The Hall–Kier alpha value is -2.77. The van der Waals surface area contributed by atoms with Gasteiger partial charge in [0.05, 0.1) is 17.8 Å². The van der Waals surface area contributed by atoms with Crippen LogP contribution in [0.2, 0.25) is 0 Å². The summed E-state index contributed by atoms with van der Waals surface area (Å²) in [6.45, 7) is 14.6. The van der Waals surface area contributed by atoms with E-state index in [9.17, 15) is 9.59 Å². The predicted molar refractivity (Wildman–Crippen MR) is 154 cm³/mol. The molecular weight excluding hydrogens is 492 g/mol. The van der Waals surface area contributed by atoms with Gasteiger partial charge < -0.3 is 9.88 Å². The molecule has 1 N–H and O–H groups in total. The Labute approximate surface area is 230 Å². The highest BCUT2D eigenvalue weighted by Gasteiger charge is 2.33. The Morgan fingerprint density at radius 1 is 1.08 bits per heavy atom. The molecule has 1 amide bonds. The molecule has 1 saturated heterocycles. The SMILES string of the molecule is Cc1cccc(CN2CCC(C(C)c3sc4c(c3C)C(=O)N(Cc3c(C)cc(C)[nH]c3=O)CCC4)CC2)n1. The number of aromatic nitrogens is 2. The first-order valence-electron chi connectivity index (χ1n) is 14.0. The number of H-pyrrole nitrogens is 1. The summed E-state index contributed by atoms with van der Waals surface area (Å²) in [5.74, 6) is 1.15. The number of thiophene rings is 1. The summed E-state index contributed by atoms with van der Waals surface area (Å²) in [7, 11) is 0. The third kappa shape index (κ3) is 5.50. The summed E-state index contributed by atoms with van der Waals surface area (Å²) in [5, 5.41) is 0. The van der Waals surface area contributed by atoms with Crippen molar-refractivity contribution in [2.45, 2.75) is 79.3 Å². The van der Waals surface area contributed by atoms with E-state index in [1.54, 1.807) is 0 Å². The Morgan fingerprint density at radius 3 is 2.55 bits per heavy atom. The lowest BCUT2D eigenvalue weighted by Gasteiger charge is -2.34. The molecule has 1 fully saturated rings. The largest absolute Gasteiger partial charge is 0.334 e. The van der Waals surface area contributed by atoms with Gasteiger partial charge in [-0.1, -0.05) is 13.0 Å². The number of aryl methyl sites for hydroxylation is 4. The van der Waals surface area contributed by atoms with Crippen LogP contribution in [0.4, 0.5) is 0 Å². The van der Waals surface area contributed by atoms with Crippen LogP contribution in [0, 0.1) is 33.6 Å². The number of nitrogens with one attached hydrogen (secondary N) is 1. The molecule has 0 radical (unpaired) electrons. The number of piperidine rings is 1. The average molecular weight is 533 g/mol. The monoisotopic (exact) mass is 532 g/mol. The number of carbonyl (C=O) groups excluding carboxylic acids is 1. The van der Waals surface area contributed by atoms with E-state index in [4.69, 9.17) is 0 Å². The first-order valence-corrected chi connectivity index (χ1v) is 14.8. The van der Waals surface area contributed by atoms with Crippen LogP contribution in [-0.2, 0) is 19.5 Å². The fraction of sp³-hybridized carbons (Fsp3) is 0.516. The van der Waals surface area contributed by atoms with Gasteiger partial charge in [-0.25, -0.2) is 0 Å². The van der Waals surface area contributed by atoms with Gasteiger partial charge in [0.15, 0.2) is 0 Å². The lowest BCUT2D eigenvalue weighted by Crippen LogP contribution is -2.35. The third-order valence-electron chi connectivity index (χ3n) is 8.52. The lowest BCUT2D eigenvalue weighted by atomic mass is 9.83. The van der Waals surface area contributed by atoms with Gasteiger partial charge in [-0.05, 0) is 108 Å². The van der Waals surface area contributed by atoms with Gasteiger partial charge in [-0.3, -0.25) is 19.5 Å². The molecule has 0 saturated carbocycles. The van der Waals surface area contributed by atoms with Crippen LogP contribution >= 0.6 is 11.3 Å². The number of likely N-dealkylation sites (tertiary alicyclic amines) is 1. The lowest BCUT2D eigenvalue weighted by molar-refractivity contribution is 0.0747. The molecule has 7 heteroatoms. The summed E-state index contributed by atoms with van der Waals surface area (Å²) >= 11 is 1.86. The fourth-order valence-corrected chi connectivity index (χ4v) is 7.82. The Bertz CT molecular complexity index is 1380. The first-order chi connectivity index (χ1) is 18.2. The second-order valence-corrected chi connectivity index (χ2v) is 12.5. The number of hydrogen-bond donors (Lipinski definition) is 1. The van der Waals surface area contributed by atoms with E-state index < -0.39 is 0 Å². The number of fused-ring (bicyclic) bond motifs is 1. The molecule has 6 nitrogen and oxygen atoms in total. The standard InChI is InChI=1S/C31H40N4O2S/c1-19-16-21(3)33-30(36)26(19)18-35-13-7-10-27-28(31(35)37)23(5)29(38-27)22(4)24-11-14-34(15-12-24)17-25-9-6-8-20(2)32-25/h6,8-9,16,22,24H,7,10-15,17-18H2,1-5H3,(H,33,36). The van der Waals surface area contributed by atoms with Gasteiger partial charge in [0, 0.05) is 39.8 Å². The van der Waals surface area contributed by atoms with E-state index in [0.29, 0.717) is 30.5 Å². The van der Waals surface area contributed by atoms with Crippen LogP contribution in [0.1, 0.15) is 86.0 Å².